The number of aliphatic imine (C=N–C) groups is 1. The number of hydrogen-bond acceptors (Lipinski definition) is 5. The highest BCUT2D eigenvalue weighted by Crippen LogP contribution is 2.35. The zero-order chi connectivity index (χ0) is 21.8. The number of rotatable bonds is 10. The maximum atomic E-state index is 13.6. The second-order valence-corrected chi connectivity index (χ2v) is 6.75. The van der Waals surface area contributed by atoms with E-state index in [1.807, 2.05) is 4.90 Å². The third kappa shape index (κ3) is 9.79. The van der Waals surface area contributed by atoms with Crippen molar-refractivity contribution in [3.05, 3.63) is 29.3 Å². The lowest BCUT2D eigenvalue weighted by Gasteiger charge is -2.29. The zero-order valence-electron chi connectivity index (χ0n) is 18.0. The molecule has 178 valence electrons. The van der Waals surface area contributed by atoms with Crippen molar-refractivity contribution >= 4 is 35.6 Å². The zero-order valence-corrected chi connectivity index (χ0v) is 20.3. The van der Waals surface area contributed by atoms with Gasteiger partial charge in [-0.05, 0) is 24.1 Å². The molecular formula is C20H32F3IN4O3. The highest BCUT2D eigenvalue weighted by Gasteiger charge is 2.34. The SMILES string of the molecule is CN=C(NCCCOCCOC)NCc1ccc(N2CCOCC2)cc1C(F)(F)F.I. The molecule has 7 nitrogen and oxygen atoms in total. The smallest absolute Gasteiger partial charge is 0.382 e. The van der Waals surface area contributed by atoms with E-state index in [0.29, 0.717) is 64.3 Å². The molecule has 1 saturated heterocycles. The number of nitrogens with zero attached hydrogens (tertiary/aromatic N) is 2. The molecule has 0 bridgehead atoms. The Morgan fingerprint density at radius 1 is 1.16 bits per heavy atom. The van der Waals surface area contributed by atoms with Crippen molar-refractivity contribution in [2.45, 2.75) is 19.1 Å². The highest BCUT2D eigenvalue weighted by molar-refractivity contribution is 14.0. The molecule has 11 heteroatoms. The lowest BCUT2D eigenvalue weighted by molar-refractivity contribution is -0.138. The topological polar surface area (TPSA) is 67.4 Å². The van der Waals surface area contributed by atoms with Crippen LogP contribution in [0.2, 0.25) is 0 Å². The van der Waals surface area contributed by atoms with Crippen LogP contribution in [0.5, 0.6) is 0 Å². The van der Waals surface area contributed by atoms with Crippen molar-refractivity contribution < 1.29 is 27.4 Å². The molecule has 0 radical (unpaired) electrons. The van der Waals surface area contributed by atoms with Crippen LogP contribution in [0.25, 0.3) is 0 Å². The molecule has 0 amide bonds. The van der Waals surface area contributed by atoms with E-state index in [1.165, 1.54) is 12.1 Å². The van der Waals surface area contributed by atoms with Gasteiger partial charge in [0.15, 0.2) is 5.96 Å². The third-order valence-corrected chi connectivity index (χ3v) is 4.63. The van der Waals surface area contributed by atoms with E-state index in [4.69, 9.17) is 14.2 Å². The molecule has 1 aromatic rings. The summed E-state index contributed by atoms with van der Waals surface area (Å²) in [6.07, 6.45) is -3.69. The van der Waals surface area contributed by atoms with Crippen LogP contribution in [-0.2, 0) is 26.9 Å². The lowest BCUT2D eigenvalue weighted by atomic mass is 10.0. The van der Waals surface area contributed by atoms with Gasteiger partial charge >= 0.3 is 6.18 Å². The molecule has 1 aliphatic heterocycles. The standard InChI is InChI=1S/C20H31F3N4O3.HI/c1-24-19(25-6-3-9-29-13-12-28-2)26-15-16-4-5-17(14-18(16)20(21,22)23)27-7-10-30-11-8-27;/h4-5,14H,3,6-13,15H2,1-2H3,(H2,24,25,26);1H. The Kier molecular flexibility index (Phi) is 13.1. The highest BCUT2D eigenvalue weighted by atomic mass is 127. The van der Waals surface area contributed by atoms with Gasteiger partial charge < -0.3 is 29.7 Å². The molecule has 2 N–H and O–H groups in total. The fraction of sp³-hybridized carbons (Fsp3) is 0.650. The number of nitrogens with one attached hydrogen (secondary N) is 2. The molecule has 0 aromatic heterocycles. The van der Waals surface area contributed by atoms with E-state index in [1.54, 1.807) is 20.2 Å². The van der Waals surface area contributed by atoms with E-state index in [2.05, 4.69) is 15.6 Å². The number of methoxy groups -OCH3 is 1. The fourth-order valence-corrected chi connectivity index (χ4v) is 3.03. The van der Waals surface area contributed by atoms with Gasteiger partial charge in [0.05, 0.1) is 32.0 Å². The largest absolute Gasteiger partial charge is 0.416 e. The van der Waals surface area contributed by atoms with E-state index in [-0.39, 0.29) is 36.1 Å². The Morgan fingerprint density at radius 3 is 2.55 bits per heavy atom. The maximum Gasteiger partial charge on any atom is 0.416 e. The van der Waals surface area contributed by atoms with Gasteiger partial charge in [-0.15, -0.1) is 24.0 Å². The van der Waals surface area contributed by atoms with Crippen LogP contribution in [-0.4, -0.2) is 72.8 Å². The van der Waals surface area contributed by atoms with Gasteiger partial charge in [0.2, 0.25) is 0 Å². The van der Waals surface area contributed by atoms with Gasteiger partial charge in [-0.1, -0.05) is 6.07 Å². The summed E-state index contributed by atoms with van der Waals surface area (Å²) in [5, 5.41) is 6.03. The first kappa shape index (κ1) is 27.7. The number of halogens is 4. The Hall–Kier alpha value is -1.31. The van der Waals surface area contributed by atoms with E-state index in [9.17, 15) is 13.2 Å². The second-order valence-electron chi connectivity index (χ2n) is 6.75. The summed E-state index contributed by atoms with van der Waals surface area (Å²) < 4.78 is 56.5. The minimum atomic E-state index is -4.43. The van der Waals surface area contributed by atoms with Crippen LogP contribution < -0.4 is 15.5 Å². The first-order valence-corrected chi connectivity index (χ1v) is 9.99. The van der Waals surface area contributed by atoms with Crippen molar-refractivity contribution in [3.63, 3.8) is 0 Å². The summed E-state index contributed by atoms with van der Waals surface area (Å²) in [4.78, 5) is 5.97. The Morgan fingerprint density at radius 2 is 1.90 bits per heavy atom. The Bertz CT molecular complexity index is 672. The molecule has 1 aromatic carbocycles. The first-order valence-electron chi connectivity index (χ1n) is 9.99. The van der Waals surface area contributed by atoms with Crippen molar-refractivity contribution in [3.8, 4) is 0 Å². The molecular weight excluding hydrogens is 528 g/mol. The number of ether oxygens (including phenoxy) is 3. The van der Waals surface area contributed by atoms with Crippen LogP contribution in [0.4, 0.5) is 18.9 Å². The quantitative estimate of drug-likeness (QED) is 0.199. The van der Waals surface area contributed by atoms with Gasteiger partial charge in [0.1, 0.15) is 0 Å². The minimum Gasteiger partial charge on any atom is -0.382 e. The summed E-state index contributed by atoms with van der Waals surface area (Å²) in [6, 6.07) is 4.47. The second kappa shape index (κ2) is 14.7. The van der Waals surface area contributed by atoms with Gasteiger partial charge in [-0.2, -0.15) is 13.2 Å². The predicted octanol–water partition coefficient (Wildman–Crippen LogP) is 2.88. The van der Waals surface area contributed by atoms with E-state index < -0.39 is 11.7 Å². The molecule has 0 spiro atoms. The average Bonchev–Trinajstić information content (AvgIpc) is 2.75. The summed E-state index contributed by atoms with van der Waals surface area (Å²) >= 11 is 0. The van der Waals surface area contributed by atoms with E-state index >= 15 is 0 Å². The van der Waals surface area contributed by atoms with Crippen molar-refractivity contribution in [2.24, 2.45) is 4.99 Å². The average molecular weight is 560 g/mol. The van der Waals surface area contributed by atoms with E-state index in [0.717, 1.165) is 6.42 Å². The van der Waals surface area contributed by atoms with Crippen molar-refractivity contribution in [1.29, 1.82) is 0 Å². The number of guanidine groups is 1. The fourth-order valence-electron chi connectivity index (χ4n) is 3.03. The predicted molar refractivity (Wildman–Crippen MR) is 125 cm³/mol. The van der Waals surface area contributed by atoms with Crippen LogP contribution in [0, 0.1) is 0 Å². The molecule has 0 saturated carbocycles. The first-order chi connectivity index (χ1) is 14.5. The number of benzene rings is 1. The summed E-state index contributed by atoms with van der Waals surface area (Å²) in [5.41, 5.74) is 0.0942. The van der Waals surface area contributed by atoms with Gasteiger partial charge in [-0.3, -0.25) is 4.99 Å². The summed E-state index contributed by atoms with van der Waals surface area (Å²) in [5.74, 6) is 0.442. The van der Waals surface area contributed by atoms with Crippen LogP contribution in [0.15, 0.2) is 23.2 Å². The number of alkyl halides is 3. The van der Waals surface area contributed by atoms with Gasteiger partial charge in [0.25, 0.3) is 0 Å². The van der Waals surface area contributed by atoms with Crippen LogP contribution in [0.3, 0.4) is 0 Å². The number of hydrogen-bond donors (Lipinski definition) is 2. The molecule has 0 unspecified atom stereocenters. The Balaban J connectivity index is 0.00000480. The monoisotopic (exact) mass is 560 g/mol. The molecule has 31 heavy (non-hydrogen) atoms. The molecule has 1 fully saturated rings. The minimum absolute atomic E-state index is 0. The molecule has 2 rings (SSSR count). The summed E-state index contributed by atoms with van der Waals surface area (Å²) in [6.45, 7) is 4.45. The third-order valence-electron chi connectivity index (χ3n) is 4.63. The molecule has 1 aliphatic rings. The van der Waals surface area contributed by atoms with Crippen molar-refractivity contribution in [1.82, 2.24) is 10.6 Å². The molecule has 0 atom stereocenters. The van der Waals surface area contributed by atoms with Crippen LogP contribution in [0.1, 0.15) is 17.5 Å². The molecule has 0 aliphatic carbocycles. The maximum absolute atomic E-state index is 13.6. The van der Waals surface area contributed by atoms with Gasteiger partial charge in [0, 0.05) is 52.6 Å². The normalized spacial score (nSPS) is 14.9. The molecule has 1 heterocycles. The summed E-state index contributed by atoms with van der Waals surface area (Å²) in [7, 11) is 3.19. The number of morpholine rings is 1. The lowest BCUT2D eigenvalue weighted by Crippen LogP contribution is -2.38. The number of anilines is 1. The van der Waals surface area contributed by atoms with Crippen LogP contribution >= 0.6 is 24.0 Å². The Labute approximate surface area is 198 Å². The van der Waals surface area contributed by atoms with Gasteiger partial charge in [-0.25, -0.2) is 0 Å². The van der Waals surface area contributed by atoms with Crippen molar-refractivity contribution in [2.75, 3.05) is 71.7 Å².